The van der Waals surface area contributed by atoms with Gasteiger partial charge in [0.25, 0.3) is 0 Å². The molecule has 4 rings (SSSR count). The number of nitrogens with zero attached hydrogens (tertiary/aromatic N) is 2. The predicted octanol–water partition coefficient (Wildman–Crippen LogP) is 3.91. The van der Waals surface area contributed by atoms with Crippen molar-refractivity contribution in [2.45, 2.75) is 19.3 Å². The van der Waals surface area contributed by atoms with E-state index in [0.717, 1.165) is 37.1 Å². The highest BCUT2D eigenvalue weighted by Gasteiger charge is 2.18. The molecule has 1 aliphatic rings. The van der Waals surface area contributed by atoms with Gasteiger partial charge in [-0.25, -0.2) is 0 Å². The average molecular weight is 312 g/mol. The van der Waals surface area contributed by atoms with Gasteiger partial charge in [0.1, 0.15) is 4.70 Å². The summed E-state index contributed by atoms with van der Waals surface area (Å²) in [5.74, 6) is 0.695. The number of anilines is 1. The molecule has 1 fully saturated rings. The molecular formula is C17H16N2O2S. The molecule has 0 amide bonds. The van der Waals surface area contributed by atoms with Crippen LogP contribution in [0.3, 0.4) is 0 Å². The standard InChI is InChI=1S/C17H16N2O2S/c20-14-9-15(19-7-2-1-3-8-19)21-16-13(11-22-17(14)16)12-5-4-6-18-10-12/h4-6,9-11H,1-3,7-8H2. The highest BCUT2D eigenvalue weighted by molar-refractivity contribution is 7.17. The SMILES string of the molecule is O=c1cc(N2CCCCC2)oc2c(-c3cccnc3)csc12. The molecule has 0 atom stereocenters. The highest BCUT2D eigenvalue weighted by Crippen LogP contribution is 2.34. The number of aromatic nitrogens is 1. The van der Waals surface area contributed by atoms with E-state index in [0.29, 0.717) is 16.2 Å². The van der Waals surface area contributed by atoms with Crippen LogP contribution in [0, 0.1) is 0 Å². The van der Waals surface area contributed by atoms with Gasteiger partial charge in [-0.15, -0.1) is 11.3 Å². The van der Waals surface area contributed by atoms with Crippen molar-refractivity contribution >= 4 is 27.5 Å². The van der Waals surface area contributed by atoms with Gasteiger partial charge in [0, 0.05) is 48.1 Å². The van der Waals surface area contributed by atoms with Crippen molar-refractivity contribution in [3.8, 4) is 11.1 Å². The number of piperidine rings is 1. The predicted molar refractivity (Wildman–Crippen MR) is 89.7 cm³/mol. The van der Waals surface area contributed by atoms with Gasteiger partial charge in [-0.3, -0.25) is 9.78 Å². The molecule has 0 aromatic carbocycles. The average Bonchev–Trinajstić information content (AvgIpc) is 3.01. The first kappa shape index (κ1) is 13.5. The van der Waals surface area contributed by atoms with Gasteiger partial charge < -0.3 is 9.32 Å². The molecule has 22 heavy (non-hydrogen) atoms. The third-order valence-electron chi connectivity index (χ3n) is 4.07. The van der Waals surface area contributed by atoms with E-state index in [9.17, 15) is 4.79 Å². The van der Waals surface area contributed by atoms with Crippen molar-refractivity contribution in [2.24, 2.45) is 0 Å². The third kappa shape index (κ3) is 2.31. The van der Waals surface area contributed by atoms with E-state index in [-0.39, 0.29) is 5.43 Å². The van der Waals surface area contributed by atoms with Gasteiger partial charge in [0.05, 0.1) is 0 Å². The van der Waals surface area contributed by atoms with Crippen molar-refractivity contribution in [1.29, 1.82) is 0 Å². The van der Waals surface area contributed by atoms with Crippen LogP contribution in [-0.4, -0.2) is 18.1 Å². The number of hydrogen-bond acceptors (Lipinski definition) is 5. The molecule has 0 unspecified atom stereocenters. The van der Waals surface area contributed by atoms with E-state index >= 15 is 0 Å². The van der Waals surface area contributed by atoms with Gasteiger partial charge in [0.2, 0.25) is 5.43 Å². The minimum Gasteiger partial charge on any atom is -0.439 e. The number of fused-ring (bicyclic) bond motifs is 1. The van der Waals surface area contributed by atoms with Crippen LogP contribution in [-0.2, 0) is 0 Å². The topological polar surface area (TPSA) is 46.3 Å². The van der Waals surface area contributed by atoms with E-state index in [1.165, 1.54) is 17.8 Å². The Morgan fingerprint density at radius 1 is 1.23 bits per heavy atom. The maximum atomic E-state index is 12.4. The van der Waals surface area contributed by atoms with Gasteiger partial charge in [-0.05, 0) is 25.3 Å². The van der Waals surface area contributed by atoms with Crippen LogP contribution >= 0.6 is 11.3 Å². The van der Waals surface area contributed by atoms with Gasteiger partial charge >= 0.3 is 0 Å². The largest absolute Gasteiger partial charge is 0.439 e. The molecule has 3 aromatic heterocycles. The van der Waals surface area contributed by atoms with Crippen molar-refractivity contribution < 1.29 is 4.42 Å². The zero-order valence-corrected chi connectivity index (χ0v) is 12.9. The lowest BCUT2D eigenvalue weighted by atomic mass is 10.1. The summed E-state index contributed by atoms with van der Waals surface area (Å²) in [5.41, 5.74) is 2.66. The van der Waals surface area contributed by atoms with Crippen molar-refractivity contribution in [3.63, 3.8) is 0 Å². The Morgan fingerprint density at radius 2 is 2.09 bits per heavy atom. The fraction of sp³-hybridized carbons (Fsp3) is 0.294. The summed E-state index contributed by atoms with van der Waals surface area (Å²) in [5, 5.41) is 1.98. The number of rotatable bonds is 2. The highest BCUT2D eigenvalue weighted by atomic mass is 32.1. The molecule has 0 saturated carbocycles. The molecule has 0 spiro atoms. The van der Waals surface area contributed by atoms with Gasteiger partial charge in [0.15, 0.2) is 11.5 Å². The van der Waals surface area contributed by atoms with Crippen molar-refractivity contribution in [1.82, 2.24) is 4.98 Å². The Hall–Kier alpha value is -2.14. The smallest absolute Gasteiger partial charge is 0.204 e. The van der Waals surface area contributed by atoms with Crippen LogP contribution in [0.15, 0.2) is 45.2 Å². The quantitative estimate of drug-likeness (QED) is 0.720. The summed E-state index contributed by atoms with van der Waals surface area (Å²) >= 11 is 1.44. The maximum absolute atomic E-state index is 12.4. The van der Waals surface area contributed by atoms with E-state index in [1.807, 2.05) is 17.5 Å². The van der Waals surface area contributed by atoms with Crippen LogP contribution in [0.2, 0.25) is 0 Å². The second-order valence-electron chi connectivity index (χ2n) is 5.55. The second kappa shape index (κ2) is 5.57. The Balaban J connectivity index is 1.86. The van der Waals surface area contributed by atoms with Crippen LogP contribution in [0.5, 0.6) is 0 Å². The summed E-state index contributed by atoms with van der Waals surface area (Å²) in [6, 6.07) is 5.52. The van der Waals surface area contributed by atoms with Crippen LogP contribution in [0.25, 0.3) is 21.4 Å². The second-order valence-corrected chi connectivity index (χ2v) is 6.43. The summed E-state index contributed by atoms with van der Waals surface area (Å²) < 4.78 is 6.80. The van der Waals surface area contributed by atoms with Crippen molar-refractivity contribution in [2.75, 3.05) is 18.0 Å². The van der Waals surface area contributed by atoms with Gasteiger partial charge in [-0.1, -0.05) is 6.07 Å². The lowest BCUT2D eigenvalue weighted by Gasteiger charge is -2.26. The van der Waals surface area contributed by atoms with E-state index in [4.69, 9.17) is 4.42 Å². The molecule has 0 N–H and O–H groups in total. The van der Waals surface area contributed by atoms with Crippen LogP contribution in [0.4, 0.5) is 5.88 Å². The third-order valence-corrected chi connectivity index (χ3v) is 5.05. The van der Waals surface area contributed by atoms with Crippen LogP contribution in [0.1, 0.15) is 19.3 Å². The summed E-state index contributed by atoms with van der Waals surface area (Å²) in [6.07, 6.45) is 7.10. The first-order chi connectivity index (χ1) is 10.8. The molecule has 1 saturated heterocycles. The van der Waals surface area contributed by atoms with Gasteiger partial charge in [-0.2, -0.15) is 0 Å². The Bertz CT molecular complexity index is 848. The Morgan fingerprint density at radius 3 is 2.86 bits per heavy atom. The monoisotopic (exact) mass is 312 g/mol. The van der Waals surface area contributed by atoms with E-state index in [1.54, 1.807) is 18.5 Å². The van der Waals surface area contributed by atoms with Crippen molar-refractivity contribution in [3.05, 3.63) is 46.2 Å². The molecule has 0 bridgehead atoms. The van der Waals surface area contributed by atoms with Crippen LogP contribution < -0.4 is 10.3 Å². The molecule has 1 aliphatic heterocycles. The fourth-order valence-electron chi connectivity index (χ4n) is 2.92. The fourth-order valence-corrected chi connectivity index (χ4v) is 3.83. The maximum Gasteiger partial charge on any atom is 0.204 e. The summed E-state index contributed by atoms with van der Waals surface area (Å²) in [4.78, 5) is 18.7. The molecule has 4 heterocycles. The minimum atomic E-state index is 0.0435. The number of pyridine rings is 1. The molecule has 0 aliphatic carbocycles. The van der Waals surface area contributed by atoms with E-state index in [2.05, 4.69) is 9.88 Å². The zero-order chi connectivity index (χ0) is 14.9. The van der Waals surface area contributed by atoms with E-state index < -0.39 is 0 Å². The lowest BCUT2D eigenvalue weighted by molar-refractivity contribution is 0.513. The first-order valence-electron chi connectivity index (χ1n) is 7.53. The summed E-state index contributed by atoms with van der Waals surface area (Å²) in [6.45, 7) is 1.92. The summed E-state index contributed by atoms with van der Waals surface area (Å²) in [7, 11) is 0. The number of hydrogen-bond donors (Lipinski definition) is 0. The zero-order valence-electron chi connectivity index (χ0n) is 12.1. The molecule has 112 valence electrons. The molecule has 0 radical (unpaired) electrons. The molecule has 5 heteroatoms. The number of thiophene rings is 1. The molecule has 4 nitrogen and oxygen atoms in total. The Labute approximate surface area is 132 Å². The molecular weight excluding hydrogens is 296 g/mol. The Kier molecular flexibility index (Phi) is 3.42. The minimum absolute atomic E-state index is 0.0435. The lowest BCUT2D eigenvalue weighted by Crippen LogP contribution is -2.29. The normalized spacial score (nSPS) is 15.4. The molecule has 3 aromatic rings. The first-order valence-corrected chi connectivity index (χ1v) is 8.41.